The molecule has 2 rings (SSSR count). The van der Waals surface area contributed by atoms with Crippen molar-refractivity contribution in [3.63, 3.8) is 0 Å². The molecule has 2 aromatic rings. The molecule has 1 aromatic heterocycles. The smallest absolute Gasteiger partial charge is 0.141 e. The summed E-state index contributed by atoms with van der Waals surface area (Å²) >= 11 is 0. The number of Topliss-reactive ketones (excluding diaryl/α,β-unsaturated/α-hetero) is 1. The molecule has 0 radical (unpaired) electrons. The maximum Gasteiger partial charge on any atom is 0.141 e. The van der Waals surface area contributed by atoms with Gasteiger partial charge < -0.3 is 0 Å². The molecular formula is C13H14N2O. The second kappa shape index (κ2) is 4.39. The van der Waals surface area contributed by atoms with Gasteiger partial charge in [0.15, 0.2) is 0 Å². The fourth-order valence-corrected chi connectivity index (χ4v) is 1.57. The van der Waals surface area contributed by atoms with Crippen LogP contribution in [0.15, 0.2) is 30.6 Å². The van der Waals surface area contributed by atoms with Crippen molar-refractivity contribution in [2.45, 2.75) is 20.3 Å². The van der Waals surface area contributed by atoms with Crippen molar-refractivity contribution >= 4 is 16.7 Å². The summed E-state index contributed by atoms with van der Waals surface area (Å²) in [7, 11) is 0. The number of hydrogen-bond acceptors (Lipinski definition) is 3. The van der Waals surface area contributed by atoms with Crippen molar-refractivity contribution in [3.05, 3.63) is 36.3 Å². The molecule has 0 N–H and O–H groups in total. The zero-order chi connectivity index (χ0) is 11.5. The molecule has 0 unspecified atom stereocenters. The van der Waals surface area contributed by atoms with Crippen LogP contribution in [0.3, 0.4) is 0 Å². The Kier molecular flexibility index (Phi) is 2.95. The van der Waals surface area contributed by atoms with E-state index in [4.69, 9.17) is 0 Å². The van der Waals surface area contributed by atoms with Crippen molar-refractivity contribution in [3.8, 4) is 0 Å². The van der Waals surface area contributed by atoms with Gasteiger partial charge in [-0.05, 0) is 6.07 Å². The number of nitrogens with zero attached hydrogens (tertiary/aromatic N) is 2. The average molecular weight is 214 g/mol. The first-order chi connectivity index (χ1) is 7.68. The van der Waals surface area contributed by atoms with Crippen molar-refractivity contribution in [2.75, 3.05) is 0 Å². The van der Waals surface area contributed by atoms with Crippen molar-refractivity contribution in [1.82, 2.24) is 9.97 Å². The van der Waals surface area contributed by atoms with Crippen LogP contribution in [-0.4, -0.2) is 15.8 Å². The van der Waals surface area contributed by atoms with Gasteiger partial charge in [0.2, 0.25) is 0 Å². The van der Waals surface area contributed by atoms with E-state index in [2.05, 4.69) is 9.97 Å². The molecule has 0 saturated heterocycles. The third-order valence-electron chi connectivity index (χ3n) is 2.61. The van der Waals surface area contributed by atoms with E-state index >= 15 is 0 Å². The third kappa shape index (κ3) is 2.08. The van der Waals surface area contributed by atoms with Crippen LogP contribution in [0.25, 0.3) is 10.9 Å². The Hall–Kier alpha value is -1.77. The average Bonchev–Trinajstić information content (AvgIpc) is 2.29. The van der Waals surface area contributed by atoms with Gasteiger partial charge in [-0.25, -0.2) is 9.97 Å². The van der Waals surface area contributed by atoms with Gasteiger partial charge in [-0.15, -0.1) is 0 Å². The van der Waals surface area contributed by atoms with Crippen LogP contribution in [-0.2, 0) is 11.2 Å². The van der Waals surface area contributed by atoms with E-state index in [1.807, 2.05) is 38.1 Å². The highest BCUT2D eigenvalue weighted by Crippen LogP contribution is 2.15. The van der Waals surface area contributed by atoms with E-state index in [0.717, 1.165) is 16.6 Å². The number of ketones is 1. The lowest BCUT2D eigenvalue weighted by Crippen LogP contribution is -2.11. The number of fused-ring (bicyclic) bond motifs is 1. The molecule has 1 heterocycles. The molecule has 0 fully saturated rings. The molecule has 0 bridgehead atoms. The lowest BCUT2D eigenvalue weighted by Gasteiger charge is -2.06. The van der Waals surface area contributed by atoms with Gasteiger partial charge in [-0.1, -0.05) is 32.0 Å². The van der Waals surface area contributed by atoms with Crippen molar-refractivity contribution in [2.24, 2.45) is 5.92 Å². The largest absolute Gasteiger partial charge is 0.299 e. The van der Waals surface area contributed by atoms with Gasteiger partial charge in [0.25, 0.3) is 0 Å². The highest BCUT2D eigenvalue weighted by atomic mass is 16.1. The SMILES string of the molecule is CC(C)C(=O)Cc1ncnc2ccccc12. The maximum atomic E-state index is 11.7. The summed E-state index contributed by atoms with van der Waals surface area (Å²) in [5.74, 6) is 0.262. The Morgan fingerprint density at radius 3 is 2.75 bits per heavy atom. The monoisotopic (exact) mass is 214 g/mol. The van der Waals surface area contributed by atoms with E-state index in [1.165, 1.54) is 6.33 Å². The first-order valence-corrected chi connectivity index (χ1v) is 5.40. The minimum atomic E-state index is 0.0497. The van der Waals surface area contributed by atoms with Crippen LogP contribution in [0, 0.1) is 5.92 Å². The molecule has 0 atom stereocenters. The van der Waals surface area contributed by atoms with E-state index in [0.29, 0.717) is 6.42 Å². The molecule has 1 aromatic carbocycles. The zero-order valence-electron chi connectivity index (χ0n) is 9.47. The number of aromatic nitrogens is 2. The minimum Gasteiger partial charge on any atom is -0.299 e. The molecule has 0 aliphatic rings. The summed E-state index contributed by atoms with van der Waals surface area (Å²) in [5, 5.41) is 0.971. The number of para-hydroxylation sites is 1. The van der Waals surface area contributed by atoms with Gasteiger partial charge in [0, 0.05) is 17.7 Å². The number of hydrogen-bond donors (Lipinski definition) is 0. The molecule has 3 nitrogen and oxygen atoms in total. The molecule has 0 amide bonds. The Balaban J connectivity index is 2.41. The van der Waals surface area contributed by atoms with Crippen LogP contribution >= 0.6 is 0 Å². The fraction of sp³-hybridized carbons (Fsp3) is 0.308. The van der Waals surface area contributed by atoms with Crippen LogP contribution in [0.2, 0.25) is 0 Å². The fourth-order valence-electron chi connectivity index (χ4n) is 1.57. The molecule has 0 aliphatic carbocycles. The van der Waals surface area contributed by atoms with Gasteiger partial charge in [0.1, 0.15) is 12.1 Å². The first-order valence-electron chi connectivity index (χ1n) is 5.40. The Morgan fingerprint density at radius 1 is 1.25 bits per heavy atom. The quantitative estimate of drug-likeness (QED) is 0.788. The normalized spacial score (nSPS) is 10.9. The topological polar surface area (TPSA) is 42.9 Å². The van der Waals surface area contributed by atoms with Gasteiger partial charge in [-0.3, -0.25) is 4.79 Å². The van der Waals surface area contributed by atoms with E-state index < -0.39 is 0 Å². The maximum absolute atomic E-state index is 11.7. The van der Waals surface area contributed by atoms with Gasteiger partial charge in [-0.2, -0.15) is 0 Å². The summed E-state index contributed by atoms with van der Waals surface area (Å²) in [6, 6.07) is 7.76. The van der Waals surface area contributed by atoms with E-state index in [9.17, 15) is 4.79 Å². The number of benzene rings is 1. The zero-order valence-corrected chi connectivity index (χ0v) is 9.47. The van der Waals surface area contributed by atoms with Crippen LogP contribution in [0.5, 0.6) is 0 Å². The highest BCUT2D eigenvalue weighted by molar-refractivity contribution is 5.88. The molecule has 0 aliphatic heterocycles. The van der Waals surface area contributed by atoms with E-state index in [1.54, 1.807) is 0 Å². The van der Waals surface area contributed by atoms with Crippen molar-refractivity contribution < 1.29 is 4.79 Å². The summed E-state index contributed by atoms with van der Waals surface area (Å²) in [5.41, 5.74) is 1.72. The van der Waals surface area contributed by atoms with Gasteiger partial charge in [0.05, 0.1) is 11.2 Å². The third-order valence-corrected chi connectivity index (χ3v) is 2.61. The molecular weight excluding hydrogens is 200 g/mol. The molecule has 3 heteroatoms. The minimum absolute atomic E-state index is 0.0497. The Morgan fingerprint density at radius 2 is 2.00 bits per heavy atom. The molecule has 0 saturated carbocycles. The lowest BCUT2D eigenvalue weighted by atomic mass is 10.0. The van der Waals surface area contributed by atoms with Crippen LogP contribution in [0.1, 0.15) is 19.5 Å². The summed E-state index contributed by atoms with van der Waals surface area (Å²) < 4.78 is 0. The molecule has 82 valence electrons. The Bertz CT molecular complexity index is 515. The van der Waals surface area contributed by atoms with Gasteiger partial charge >= 0.3 is 0 Å². The summed E-state index contributed by atoms with van der Waals surface area (Å²) in [6.45, 7) is 3.82. The lowest BCUT2D eigenvalue weighted by molar-refractivity contribution is -0.121. The highest BCUT2D eigenvalue weighted by Gasteiger charge is 2.11. The van der Waals surface area contributed by atoms with Crippen LogP contribution in [0.4, 0.5) is 0 Å². The Labute approximate surface area is 94.5 Å². The second-order valence-electron chi connectivity index (χ2n) is 4.14. The summed E-state index contributed by atoms with van der Waals surface area (Å²) in [6.07, 6.45) is 1.91. The number of rotatable bonds is 3. The first kappa shape index (κ1) is 10.7. The van der Waals surface area contributed by atoms with Crippen molar-refractivity contribution in [1.29, 1.82) is 0 Å². The number of carbonyl (C=O) groups excluding carboxylic acids is 1. The number of carbonyl (C=O) groups is 1. The molecule has 16 heavy (non-hydrogen) atoms. The standard InChI is InChI=1S/C13H14N2O/c1-9(2)13(16)7-12-10-5-3-4-6-11(10)14-8-15-12/h3-6,8-9H,7H2,1-2H3. The predicted molar refractivity (Wildman–Crippen MR) is 63.1 cm³/mol. The summed E-state index contributed by atoms with van der Waals surface area (Å²) in [4.78, 5) is 20.1. The van der Waals surface area contributed by atoms with Crippen LogP contribution < -0.4 is 0 Å². The molecule has 0 spiro atoms. The van der Waals surface area contributed by atoms with E-state index in [-0.39, 0.29) is 11.7 Å². The predicted octanol–water partition coefficient (Wildman–Crippen LogP) is 2.40. The second-order valence-corrected chi connectivity index (χ2v) is 4.14.